The summed E-state index contributed by atoms with van der Waals surface area (Å²) in [6.45, 7) is 1.95. The molecule has 5 heteroatoms. The Morgan fingerprint density at radius 3 is 2.44 bits per heavy atom. The molecule has 2 atom stereocenters. The van der Waals surface area contributed by atoms with Crippen LogP contribution >= 0.6 is 11.6 Å². The number of hydrogen-bond donors (Lipinski definition) is 0. The molecule has 0 N–H and O–H groups in total. The Bertz CT molecular complexity index is 687. The summed E-state index contributed by atoms with van der Waals surface area (Å²) in [5.41, 5.74) is 2.61. The zero-order valence-corrected chi connectivity index (χ0v) is 15.5. The monoisotopic (exact) mass is 362 g/mol. The number of ether oxygens (including phenoxy) is 3. The van der Waals surface area contributed by atoms with Crippen LogP contribution in [0.2, 0.25) is 0 Å². The van der Waals surface area contributed by atoms with Gasteiger partial charge in [0.1, 0.15) is 5.75 Å². The number of hydrogen-bond acceptors (Lipinski definition) is 4. The summed E-state index contributed by atoms with van der Waals surface area (Å²) < 4.78 is 16.6. The Morgan fingerprint density at radius 2 is 1.84 bits per heavy atom. The maximum atomic E-state index is 12.4. The van der Waals surface area contributed by atoms with E-state index in [0.717, 1.165) is 11.1 Å². The van der Waals surface area contributed by atoms with Crippen molar-refractivity contribution in [2.45, 2.75) is 25.6 Å². The van der Waals surface area contributed by atoms with Crippen LogP contribution in [-0.2, 0) is 14.3 Å². The van der Waals surface area contributed by atoms with Gasteiger partial charge < -0.3 is 14.2 Å². The van der Waals surface area contributed by atoms with Gasteiger partial charge in [0.05, 0.1) is 20.3 Å². The van der Waals surface area contributed by atoms with Crippen molar-refractivity contribution >= 4 is 17.6 Å². The zero-order chi connectivity index (χ0) is 18.2. The fourth-order valence-electron chi connectivity index (χ4n) is 2.67. The van der Waals surface area contributed by atoms with Crippen molar-refractivity contribution in [2.75, 3.05) is 20.1 Å². The van der Waals surface area contributed by atoms with Crippen LogP contribution in [0.25, 0.3) is 0 Å². The van der Waals surface area contributed by atoms with E-state index in [1.165, 1.54) is 7.11 Å². The first-order valence-electron chi connectivity index (χ1n) is 8.09. The summed E-state index contributed by atoms with van der Waals surface area (Å²) >= 11 is 5.95. The van der Waals surface area contributed by atoms with Gasteiger partial charge in [0.25, 0.3) is 0 Å². The summed E-state index contributed by atoms with van der Waals surface area (Å²) in [4.78, 5) is 12.4. The molecule has 2 aromatic rings. The van der Waals surface area contributed by atoms with Gasteiger partial charge in [-0.05, 0) is 31.0 Å². The van der Waals surface area contributed by atoms with Gasteiger partial charge in [-0.2, -0.15) is 0 Å². The van der Waals surface area contributed by atoms with E-state index in [1.54, 1.807) is 7.11 Å². The van der Waals surface area contributed by atoms with Crippen LogP contribution in [0, 0.1) is 6.92 Å². The van der Waals surface area contributed by atoms with E-state index in [2.05, 4.69) is 0 Å². The minimum atomic E-state index is -0.895. The van der Waals surface area contributed by atoms with E-state index in [1.807, 2.05) is 55.5 Å². The number of benzene rings is 2. The second kappa shape index (κ2) is 9.44. The van der Waals surface area contributed by atoms with Crippen LogP contribution in [0.15, 0.2) is 48.5 Å². The molecule has 0 aliphatic heterocycles. The minimum Gasteiger partial charge on any atom is -0.496 e. The molecular weight excluding hydrogens is 340 g/mol. The summed E-state index contributed by atoms with van der Waals surface area (Å²) in [5, 5.41) is 0. The molecule has 0 radical (unpaired) electrons. The highest BCUT2D eigenvalue weighted by molar-refractivity contribution is 6.17. The largest absolute Gasteiger partial charge is 0.496 e. The maximum Gasteiger partial charge on any atom is 0.339 e. The van der Waals surface area contributed by atoms with Gasteiger partial charge in [0.15, 0.2) is 6.10 Å². The third-order valence-electron chi connectivity index (χ3n) is 3.93. The van der Waals surface area contributed by atoms with Crippen LogP contribution in [0.1, 0.15) is 35.3 Å². The summed E-state index contributed by atoms with van der Waals surface area (Å²) in [7, 11) is 2.91. The minimum absolute atomic E-state index is 0.326. The van der Waals surface area contributed by atoms with E-state index in [4.69, 9.17) is 25.8 Å². The average molecular weight is 363 g/mol. The van der Waals surface area contributed by atoms with Crippen LogP contribution in [-0.4, -0.2) is 26.1 Å². The molecule has 0 aromatic heterocycles. The van der Waals surface area contributed by atoms with E-state index < -0.39 is 12.1 Å². The Hall–Kier alpha value is -2.04. The number of carbonyl (C=O) groups is 1. The van der Waals surface area contributed by atoms with E-state index in [0.29, 0.717) is 23.6 Å². The zero-order valence-electron chi connectivity index (χ0n) is 14.7. The fourth-order valence-corrected chi connectivity index (χ4v) is 2.86. The summed E-state index contributed by atoms with van der Waals surface area (Å²) in [6, 6.07) is 15.3. The SMILES string of the molecule is COC(=O)[C@H](O[C@H](CCCl)c1ccccc1)c1cc(C)ccc1OC. The molecule has 134 valence electrons. The van der Waals surface area contributed by atoms with Gasteiger partial charge in [-0.3, -0.25) is 0 Å². The van der Waals surface area contributed by atoms with Gasteiger partial charge in [0, 0.05) is 11.4 Å². The Labute approximate surface area is 153 Å². The van der Waals surface area contributed by atoms with Gasteiger partial charge in [-0.1, -0.05) is 42.0 Å². The summed E-state index contributed by atoms with van der Waals surface area (Å²) in [6.07, 6.45) is -0.644. The molecule has 0 fully saturated rings. The topological polar surface area (TPSA) is 44.8 Å². The molecule has 0 aliphatic carbocycles. The number of halogens is 1. The third kappa shape index (κ3) is 4.97. The van der Waals surface area contributed by atoms with Crippen molar-refractivity contribution in [1.82, 2.24) is 0 Å². The average Bonchev–Trinajstić information content (AvgIpc) is 2.65. The highest BCUT2D eigenvalue weighted by atomic mass is 35.5. The number of carbonyl (C=O) groups excluding carboxylic acids is 1. The Kier molecular flexibility index (Phi) is 7.29. The molecule has 0 saturated carbocycles. The first-order chi connectivity index (χ1) is 12.1. The van der Waals surface area contributed by atoms with Gasteiger partial charge in [-0.25, -0.2) is 4.79 Å². The second-order valence-corrected chi connectivity index (χ2v) is 6.04. The molecule has 25 heavy (non-hydrogen) atoms. The first-order valence-corrected chi connectivity index (χ1v) is 8.63. The highest BCUT2D eigenvalue weighted by Gasteiger charge is 2.29. The normalized spacial score (nSPS) is 13.1. The van der Waals surface area contributed by atoms with Crippen molar-refractivity contribution in [3.05, 3.63) is 65.2 Å². The number of aryl methyl sites for hydroxylation is 1. The summed E-state index contributed by atoms with van der Waals surface area (Å²) in [5.74, 6) is 0.524. The molecule has 2 rings (SSSR count). The molecule has 0 bridgehead atoms. The molecule has 0 aliphatic rings. The van der Waals surface area contributed by atoms with E-state index in [-0.39, 0.29) is 6.10 Å². The van der Waals surface area contributed by atoms with Crippen molar-refractivity contribution in [3.8, 4) is 5.75 Å². The number of alkyl halides is 1. The van der Waals surface area contributed by atoms with Crippen LogP contribution in [0.5, 0.6) is 5.75 Å². The molecule has 0 spiro atoms. The molecule has 4 nitrogen and oxygen atoms in total. The van der Waals surface area contributed by atoms with Crippen molar-refractivity contribution < 1.29 is 19.0 Å². The molecule has 0 amide bonds. The lowest BCUT2D eigenvalue weighted by Crippen LogP contribution is -2.21. The number of methoxy groups -OCH3 is 2. The smallest absolute Gasteiger partial charge is 0.339 e. The fraction of sp³-hybridized carbons (Fsp3) is 0.350. The Morgan fingerprint density at radius 1 is 1.12 bits per heavy atom. The quantitative estimate of drug-likeness (QED) is 0.508. The lowest BCUT2D eigenvalue weighted by atomic mass is 10.0. The Balaban J connectivity index is 2.40. The van der Waals surface area contributed by atoms with Crippen LogP contribution in [0.3, 0.4) is 0 Å². The maximum absolute atomic E-state index is 12.4. The van der Waals surface area contributed by atoms with Gasteiger partial charge in [0.2, 0.25) is 0 Å². The molecule has 0 saturated heterocycles. The molecule has 0 unspecified atom stereocenters. The number of esters is 1. The highest BCUT2D eigenvalue weighted by Crippen LogP contribution is 2.35. The van der Waals surface area contributed by atoms with Crippen LogP contribution < -0.4 is 4.74 Å². The van der Waals surface area contributed by atoms with Crippen molar-refractivity contribution in [3.63, 3.8) is 0 Å². The van der Waals surface area contributed by atoms with E-state index >= 15 is 0 Å². The van der Waals surface area contributed by atoms with Gasteiger partial charge >= 0.3 is 5.97 Å². The lowest BCUT2D eigenvalue weighted by Gasteiger charge is -2.25. The second-order valence-electron chi connectivity index (χ2n) is 5.66. The predicted octanol–water partition coefficient (Wildman–Crippen LogP) is 4.60. The predicted molar refractivity (Wildman–Crippen MR) is 98.1 cm³/mol. The third-order valence-corrected chi connectivity index (χ3v) is 4.14. The standard InChI is InChI=1S/C20H23ClO4/c1-14-9-10-18(23-2)16(13-14)19(20(22)24-3)25-17(11-12-21)15-7-5-4-6-8-15/h4-10,13,17,19H,11-12H2,1-3H3/t17-,19-/m1/s1. The number of rotatable bonds is 8. The molecule has 0 heterocycles. The van der Waals surface area contributed by atoms with E-state index in [9.17, 15) is 4.79 Å². The first kappa shape index (κ1) is 19.3. The van der Waals surface area contributed by atoms with Gasteiger partial charge in [-0.15, -0.1) is 11.6 Å². The molecular formula is C20H23ClO4. The van der Waals surface area contributed by atoms with Crippen molar-refractivity contribution in [2.24, 2.45) is 0 Å². The molecule has 2 aromatic carbocycles. The lowest BCUT2D eigenvalue weighted by molar-refractivity contribution is -0.159. The van der Waals surface area contributed by atoms with Crippen LogP contribution in [0.4, 0.5) is 0 Å². The van der Waals surface area contributed by atoms with Crippen molar-refractivity contribution in [1.29, 1.82) is 0 Å².